The van der Waals surface area contributed by atoms with Gasteiger partial charge in [0.05, 0.1) is 69.2 Å². The van der Waals surface area contributed by atoms with Crippen LogP contribution in [-0.4, -0.2) is 90.3 Å². The number of benzene rings is 2. The fourth-order valence-corrected chi connectivity index (χ4v) is 8.04. The van der Waals surface area contributed by atoms with Gasteiger partial charge < -0.3 is 19.9 Å². The first-order chi connectivity index (χ1) is 27.1. The zero-order valence-corrected chi connectivity index (χ0v) is 31.9. The van der Waals surface area contributed by atoms with Crippen LogP contribution in [0.4, 0.5) is 11.9 Å². The van der Waals surface area contributed by atoms with Gasteiger partial charge in [-0.25, -0.2) is 34.9 Å². The summed E-state index contributed by atoms with van der Waals surface area (Å²) in [4.78, 5) is 33.6. The predicted molar refractivity (Wildman–Crippen MR) is 214 cm³/mol. The lowest BCUT2D eigenvalue weighted by Crippen LogP contribution is -2.37. The van der Waals surface area contributed by atoms with Gasteiger partial charge in [-0.2, -0.15) is 10.5 Å². The highest BCUT2D eigenvalue weighted by molar-refractivity contribution is 7.19. The maximum Gasteiger partial charge on any atom is 0.222 e. The predicted octanol–water partition coefficient (Wildman–Crippen LogP) is 6.01. The Balaban J connectivity index is 0.000000169. The summed E-state index contributed by atoms with van der Waals surface area (Å²) in [6, 6.07) is 24.0. The Morgan fingerprint density at radius 2 is 1.31 bits per heavy atom. The summed E-state index contributed by atoms with van der Waals surface area (Å²) in [5.74, 6) is 0.0571. The number of imidazole rings is 1. The molecule has 0 bridgehead atoms. The van der Waals surface area contributed by atoms with Crippen molar-refractivity contribution in [3.63, 3.8) is 0 Å². The Hall–Kier alpha value is -5.91. The van der Waals surface area contributed by atoms with Crippen molar-refractivity contribution in [3.8, 4) is 12.1 Å². The second kappa shape index (κ2) is 18.4. The van der Waals surface area contributed by atoms with Crippen LogP contribution in [0.3, 0.4) is 0 Å². The molecule has 1 saturated heterocycles. The minimum Gasteiger partial charge on any atom is -0.379 e. The summed E-state index contributed by atoms with van der Waals surface area (Å²) in [5.41, 5.74) is 4.14. The quantitative estimate of drug-likeness (QED) is 0.131. The van der Waals surface area contributed by atoms with Crippen molar-refractivity contribution in [2.75, 3.05) is 56.6 Å². The van der Waals surface area contributed by atoms with Crippen LogP contribution in [0.1, 0.15) is 45.4 Å². The molecule has 278 valence electrons. The van der Waals surface area contributed by atoms with Crippen LogP contribution in [0.25, 0.3) is 20.4 Å². The van der Waals surface area contributed by atoms with Gasteiger partial charge in [-0.15, -0.1) is 22.7 Å². The molecule has 55 heavy (non-hydrogen) atoms. The number of fused-ring (bicyclic) bond motifs is 2. The first-order valence-electron chi connectivity index (χ1n) is 18.0. The van der Waals surface area contributed by atoms with Crippen molar-refractivity contribution < 1.29 is 4.74 Å². The van der Waals surface area contributed by atoms with E-state index < -0.39 is 11.8 Å². The van der Waals surface area contributed by atoms with Crippen molar-refractivity contribution in [1.82, 2.24) is 44.4 Å². The number of rotatable bonds is 13. The molecule has 1 fully saturated rings. The molecule has 0 amide bonds. The average Bonchev–Trinajstić information content (AvgIpc) is 3.96. The molecule has 0 saturated carbocycles. The number of nitrogens with one attached hydrogen (secondary N) is 2. The minimum absolute atomic E-state index is 0.491. The van der Waals surface area contributed by atoms with E-state index in [0.717, 1.165) is 88.4 Å². The minimum atomic E-state index is -0.512. The van der Waals surface area contributed by atoms with Crippen LogP contribution in [-0.2, 0) is 18.2 Å². The number of hydrogen-bond donors (Lipinski definition) is 2. The van der Waals surface area contributed by atoms with Gasteiger partial charge >= 0.3 is 0 Å². The number of aromatic nitrogens is 8. The molecule has 2 unspecified atom stereocenters. The Morgan fingerprint density at radius 1 is 0.745 bits per heavy atom. The molecule has 0 aliphatic carbocycles. The van der Waals surface area contributed by atoms with Crippen LogP contribution in [0.5, 0.6) is 0 Å². The lowest BCUT2D eigenvalue weighted by molar-refractivity contribution is 0.0378. The molecule has 6 heterocycles. The summed E-state index contributed by atoms with van der Waals surface area (Å²) in [7, 11) is 1.95. The van der Waals surface area contributed by atoms with E-state index in [9.17, 15) is 10.5 Å². The van der Waals surface area contributed by atoms with E-state index >= 15 is 0 Å². The number of nitriles is 2. The van der Waals surface area contributed by atoms with E-state index in [1.807, 2.05) is 66.3 Å². The van der Waals surface area contributed by atoms with Gasteiger partial charge in [0.25, 0.3) is 0 Å². The topological polar surface area (TPSA) is 179 Å². The number of anilines is 2. The molecule has 2 aromatic carbocycles. The number of aryl methyl sites for hydroxylation is 1. The Bertz CT molecular complexity index is 2340. The van der Waals surface area contributed by atoms with Crippen LogP contribution in [0, 0.1) is 22.7 Å². The standard InChI is InChI=1S/C20H22N6OS.C19H17N7S/c21-14-15(19-24-17-4-1-2-5-18(17)28-19)16-6-8-23-20(25-16)22-7-3-9-26-10-12-27-13-11-26;1-26-11-13(23-12-26)6-8-21-19-22-9-7-15(25-19)14(10-20)18-24-16-4-2-3-5-17(16)27-18/h1-2,4-6,8,15H,3,7,9-13H2,(H,22,23,25);2-5,7,9,11-12,14H,6,8H2,1H3,(H,21,22,25). The third-order valence-electron chi connectivity index (χ3n) is 8.78. The average molecular weight is 770 g/mol. The Morgan fingerprint density at radius 3 is 1.84 bits per heavy atom. The van der Waals surface area contributed by atoms with Gasteiger partial charge in [-0.05, 0) is 49.4 Å². The molecule has 0 radical (unpaired) electrons. The van der Waals surface area contributed by atoms with E-state index in [1.165, 1.54) is 22.7 Å². The summed E-state index contributed by atoms with van der Waals surface area (Å²) < 4.78 is 9.43. The normalized spacial score (nSPS) is 14.0. The fourth-order valence-electron chi connectivity index (χ4n) is 5.99. The lowest BCUT2D eigenvalue weighted by atomic mass is 10.1. The smallest absolute Gasteiger partial charge is 0.222 e. The van der Waals surface area contributed by atoms with Gasteiger partial charge in [0, 0.05) is 58.2 Å². The summed E-state index contributed by atoms with van der Waals surface area (Å²) >= 11 is 3.06. The molecular weight excluding hydrogens is 731 g/mol. The maximum atomic E-state index is 9.73. The highest BCUT2D eigenvalue weighted by atomic mass is 32.1. The summed E-state index contributed by atoms with van der Waals surface area (Å²) in [6.07, 6.45) is 8.91. The summed E-state index contributed by atoms with van der Waals surface area (Å²) in [5, 5.41) is 27.4. The molecule has 1 aliphatic rings. The van der Waals surface area contributed by atoms with Crippen molar-refractivity contribution in [2.24, 2.45) is 7.05 Å². The molecule has 16 heteroatoms. The van der Waals surface area contributed by atoms with E-state index in [1.54, 1.807) is 30.9 Å². The molecule has 1 aliphatic heterocycles. The van der Waals surface area contributed by atoms with Crippen molar-refractivity contribution >= 4 is 55.0 Å². The number of hydrogen-bond acceptors (Lipinski definition) is 15. The van der Waals surface area contributed by atoms with Gasteiger partial charge in [-0.1, -0.05) is 24.3 Å². The van der Waals surface area contributed by atoms with Gasteiger partial charge in [0.15, 0.2) is 0 Å². The van der Waals surface area contributed by atoms with Crippen LogP contribution < -0.4 is 10.6 Å². The fraction of sp³-hybridized carbons (Fsp3) is 0.308. The first-order valence-corrected chi connectivity index (χ1v) is 19.6. The third kappa shape index (κ3) is 9.80. The lowest BCUT2D eigenvalue weighted by Gasteiger charge is -2.26. The maximum absolute atomic E-state index is 9.73. The number of para-hydroxylation sites is 2. The van der Waals surface area contributed by atoms with E-state index in [0.29, 0.717) is 29.8 Å². The molecule has 0 spiro atoms. The van der Waals surface area contributed by atoms with Crippen molar-refractivity contribution in [3.05, 3.63) is 113 Å². The van der Waals surface area contributed by atoms with Crippen LogP contribution in [0.2, 0.25) is 0 Å². The van der Waals surface area contributed by atoms with Crippen LogP contribution >= 0.6 is 22.7 Å². The molecule has 2 atom stereocenters. The Kier molecular flexibility index (Phi) is 12.5. The summed E-state index contributed by atoms with van der Waals surface area (Å²) in [6.45, 7) is 6.12. The molecule has 7 aromatic rings. The molecule has 2 N–H and O–H groups in total. The van der Waals surface area contributed by atoms with E-state index in [-0.39, 0.29) is 0 Å². The first kappa shape index (κ1) is 37.4. The van der Waals surface area contributed by atoms with E-state index in [4.69, 9.17) is 4.74 Å². The zero-order chi connectivity index (χ0) is 37.8. The largest absolute Gasteiger partial charge is 0.379 e. The number of ether oxygens (including phenoxy) is 1. The third-order valence-corrected chi connectivity index (χ3v) is 11.0. The molecule has 8 rings (SSSR count). The van der Waals surface area contributed by atoms with Gasteiger partial charge in [0.1, 0.15) is 21.9 Å². The second-order valence-electron chi connectivity index (χ2n) is 12.7. The number of thiazole rings is 2. The van der Waals surface area contributed by atoms with Crippen molar-refractivity contribution in [2.45, 2.75) is 24.7 Å². The van der Waals surface area contributed by atoms with E-state index in [2.05, 4.69) is 62.6 Å². The number of nitrogens with zero attached hydrogens (tertiary/aromatic N) is 11. The molecule has 5 aromatic heterocycles. The Labute approximate surface area is 326 Å². The second-order valence-corrected chi connectivity index (χ2v) is 14.8. The van der Waals surface area contributed by atoms with Gasteiger partial charge in [-0.3, -0.25) is 4.90 Å². The molecule has 14 nitrogen and oxygen atoms in total. The van der Waals surface area contributed by atoms with Crippen LogP contribution in [0.15, 0.2) is 85.6 Å². The monoisotopic (exact) mass is 769 g/mol. The number of morpholine rings is 1. The highest BCUT2D eigenvalue weighted by Crippen LogP contribution is 2.32. The zero-order valence-electron chi connectivity index (χ0n) is 30.2. The van der Waals surface area contributed by atoms with Crippen molar-refractivity contribution in [1.29, 1.82) is 10.5 Å². The SMILES string of the molecule is Cn1cnc(CCNc2nccc(C(C#N)c3nc4ccccc4s3)n2)c1.N#CC(c1ccnc(NCCCN2CCOCC2)n1)c1nc2ccccc2s1. The molecular formula is C39H39N13OS2. The highest BCUT2D eigenvalue weighted by Gasteiger charge is 2.21. The van der Waals surface area contributed by atoms with Gasteiger partial charge in [0.2, 0.25) is 11.9 Å².